The van der Waals surface area contributed by atoms with E-state index in [4.69, 9.17) is 23.2 Å². The molecule has 0 radical (unpaired) electrons. The lowest BCUT2D eigenvalue weighted by Crippen LogP contribution is -1.96. The highest BCUT2D eigenvalue weighted by molar-refractivity contribution is 6.30. The van der Waals surface area contributed by atoms with E-state index in [0.29, 0.717) is 10.6 Å². The Hall–Kier alpha value is -1.72. The number of hydrogen-bond donors (Lipinski definition) is 0. The van der Waals surface area contributed by atoms with E-state index in [0.717, 1.165) is 6.20 Å². The second-order valence-electron chi connectivity index (χ2n) is 3.14. The predicted molar refractivity (Wildman–Crippen MR) is 64.1 cm³/mol. The monoisotopic (exact) mass is 269 g/mol. The lowest BCUT2D eigenvalue weighted by atomic mass is 10.1. The fourth-order valence-corrected chi connectivity index (χ4v) is 1.57. The second-order valence-corrected chi connectivity index (χ2v) is 3.91. The van der Waals surface area contributed by atoms with Crippen LogP contribution in [0, 0.1) is 10.1 Å². The Kier molecular flexibility index (Phi) is 3.21. The Labute approximate surface area is 106 Å². The van der Waals surface area contributed by atoms with Crippen LogP contribution in [0.25, 0.3) is 11.3 Å². The molecule has 0 spiro atoms. The highest BCUT2D eigenvalue weighted by atomic mass is 35.5. The maximum atomic E-state index is 10.8. The zero-order chi connectivity index (χ0) is 12.4. The van der Waals surface area contributed by atoms with Gasteiger partial charge in [0.05, 0.1) is 4.92 Å². The zero-order valence-electron chi connectivity index (χ0n) is 8.30. The fraction of sp³-hybridized carbons (Fsp3) is 0. The van der Waals surface area contributed by atoms with Crippen molar-refractivity contribution in [2.75, 3.05) is 0 Å². The summed E-state index contributed by atoms with van der Waals surface area (Å²) in [5.41, 5.74) is 0.536. The molecule has 0 atom stereocenters. The van der Waals surface area contributed by atoms with Gasteiger partial charge in [-0.25, -0.2) is 9.97 Å². The van der Waals surface area contributed by atoms with E-state index in [2.05, 4.69) is 9.97 Å². The molecule has 0 amide bonds. The van der Waals surface area contributed by atoms with E-state index in [9.17, 15) is 10.1 Å². The molecule has 2 rings (SSSR count). The summed E-state index contributed by atoms with van der Waals surface area (Å²) in [5, 5.41) is 11.3. The summed E-state index contributed by atoms with van der Waals surface area (Å²) >= 11 is 11.4. The van der Waals surface area contributed by atoms with E-state index < -0.39 is 4.92 Å². The van der Waals surface area contributed by atoms with Crippen molar-refractivity contribution in [3.63, 3.8) is 0 Å². The number of halogens is 2. The highest BCUT2D eigenvalue weighted by Gasteiger charge is 2.18. The first-order valence-corrected chi connectivity index (χ1v) is 5.26. The summed E-state index contributed by atoms with van der Waals surface area (Å²) in [5.74, 6) is 0. The Morgan fingerprint density at radius 1 is 1.18 bits per heavy atom. The third-order valence-electron chi connectivity index (χ3n) is 2.05. The van der Waals surface area contributed by atoms with Gasteiger partial charge in [0.25, 0.3) is 0 Å². The van der Waals surface area contributed by atoms with Crippen LogP contribution in [0.15, 0.2) is 30.5 Å². The van der Waals surface area contributed by atoms with Gasteiger partial charge in [-0.3, -0.25) is 10.1 Å². The van der Waals surface area contributed by atoms with Crippen molar-refractivity contribution in [1.29, 1.82) is 0 Å². The molecule has 0 bridgehead atoms. The number of rotatable bonds is 2. The van der Waals surface area contributed by atoms with Gasteiger partial charge in [-0.1, -0.05) is 23.7 Å². The van der Waals surface area contributed by atoms with Crippen LogP contribution in [0.3, 0.4) is 0 Å². The lowest BCUT2D eigenvalue weighted by Gasteiger charge is -2.02. The molecule has 0 unspecified atom stereocenters. The molecular weight excluding hydrogens is 265 g/mol. The molecule has 7 heteroatoms. The molecular formula is C10H5Cl2N3O2. The average molecular weight is 270 g/mol. The van der Waals surface area contributed by atoms with Gasteiger partial charge in [0.15, 0.2) is 5.69 Å². The first kappa shape index (κ1) is 11.8. The van der Waals surface area contributed by atoms with Crippen LogP contribution in [0.5, 0.6) is 0 Å². The Morgan fingerprint density at radius 3 is 2.41 bits per heavy atom. The third-order valence-corrected chi connectivity index (χ3v) is 2.49. The molecule has 5 nitrogen and oxygen atoms in total. The minimum Gasteiger partial charge on any atom is -0.258 e. The van der Waals surface area contributed by atoms with E-state index >= 15 is 0 Å². The minimum atomic E-state index is -0.555. The first-order chi connectivity index (χ1) is 8.08. The summed E-state index contributed by atoms with van der Waals surface area (Å²) < 4.78 is 0. The summed E-state index contributed by atoms with van der Waals surface area (Å²) in [6.45, 7) is 0. The van der Waals surface area contributed by atoms with Crippen LogP contribution in [0.1, 0.15) is 0 Å². The number of hydrogen-bond acceptors (Lipinski definition) is 4. The standard InChI is InChI=1S/C10H5Cl2N3O2/c11-7-3-1-6(2-4-7)9-8(15(16)17)5-13-10(12)14-9/h1-5H. The van der Waals surface area contributed by atoms with Gasteiger partial charge in [0, 0.05) is 10.6 Å². The smallest absolute Gasteiger partial charge is 0.258 e. The summed E-state index contributed by atoms with van der Waals surface area (Å²) in [6, 6.07) is 6.51. The van der Waals surface area contributed by atoms with Crippen LogP contribution in [0.2, 0.25) is 10.3 Å². The van der Waals surface area contributed by atoms with Crippen molar-refractivity contribution in [3.05, 3.63) is 50.9 Å². The highest BCUT2D eigenvalue weighted by Crippen LogP contribution is 2.28. The molecule has 0 saturated heterocycles. The Bertz CT molecular complexity index is 572. The van der Waals surface area contributed by atoms with Crippen molar-refractivity contribution in [1.82, 2.24) is 9.97 Å². The van der Waals surface area contributed by atoms with Crippen molar-refractivity contribution in [3.8, 4) is 11.3 Å². The summed E-state index contributed by atoms with van der Waals surface area (Å²) in [7, 11) is 0. The number of benzene rings is 1. The molecule has 0 fully saturated rings. The van der Waals surface area contributed by atoms with Crippen LogP contribution in [-0.4, -0.2) is 14.9 Å². The van der Waals surface area contributed by atoms with E-state index in [-0.39, 0.29) is 16.7 Å². The van der Waals surface area contributed by atoms with Crippen molar-refractivity contribution < 1.29 is 4.92 Å². The van der Waals surface area contributed by atoms with Crippen LogP contribution >= 0.6 is 23.2 Å². The van der Waals surface area contributed by atoms with Crippen LogP contribution < -0.4 is 0 Å². The predicted octanol–water partition coefficient (Wildman–Crippen LogP) is 3.36. The van der Waals surface area contributed by atoms with E-state index in [1.807, 2.05) is 0 Å². The first-order valence-electron chi connectivity index (χ1n) is 4.51. The van der Waals surface area contributed by atoms with E-state index in [1.54, 1.807) is 24.3 Å². The molecule has 86 valence electrons. The molecule has 0 saturated carbocycles. The van der Waals surface area contributed by atoms with E-state index in [1.165, 1.54) is 0 Å². The normalized spacial score (nSPS) is 10.2. The molecule has 2 aromatic rings. The molecule has 0 N–H and O–H groups in total. The van der Waals surface area contributed by atoms with Gasteiger partial charge in [-0.05, 0) is 23.7 Å². The quantitative estimate of drug-likeness (QED) is 0.476. The molecule has 0 aliphatic carbocycles. The largest absolute Gasteiger partial charge is 0.313 e. The van der Waals surface area contributed by atoms with Gasteiger partial charge < -0.3 is 0 Å². The molecule has 17 heavy (non-hydrogen) atoms. The maximum absolute atomic E-state index is 10.8. The Morgan fingerprint density at radius 2 is 1.82 bits per heavy atom. The number of nitrogens with zero attached hydrogens (tertiary/aromatic N) is 3. The van der Waals surface area contributed by atoms with Crippen molar-refractivity contribution in [2.24, 2.45) is 0 Å². The SMILES string of the molecule is O=[N+]([O-])c1cnc(Cl)nc1-c1ccc(Cl)cc1. The van der Waals surface area contributed by atoms with Gasteiger partial charge in [0.1, 0.15) is 6.20 Å². The molecule has 1 aromatic carbocycles. The minimum absolute atomic E-state index is 0.0412. The Balaban J connectivity index is 2.60. The average Bonchev–Trinajstić information content (AvgIpc) is 2.29. The molecule has 0 aliphatic heterocycles. The van der Waals surface area contributed by atoms with Crippen LogP contribution in [-0.2, 0) is 0 Å². The van der Waals surface area contributed by atoms with Gasteiger partial charge in [-0.15, -0.1) is 0 Å². The maximum Gasteiger partial charge on any atom is 0.313 e. The van der Waals surface area contributed by atoms with Crippen molar-refractivity contribution >= 4 is 28.9 Å². The second kappa shape index (κ2) is 4.65. The fourth-order valence-electron chi connectivity index (χ4n) is 1.31. The third kappa shape index (κ3) is 2.51. The zero-order valence-corrected chi connectivity index (χ0v) is 9.81. The molecule has 1 aromatic heterocycles. The van der Waals surface area contributed by atoms with Crippen molar-refractivity contribution in [2.45, 2.75) is 0 Å². The van der Waals surface area contributed by atoms with Gasteiger partial charge in [-0.2, -0.15) is 0 Å². The number of aromatic nitrogens is 2. The summed E-state index contributed by atoms with van der Waals surface area (Å²) in [6.07, 6.45) is 1.08. The summed E-state index contributed by atoms with van der Waals surface area (Å²) in [4.78, 5) is 17.7. The molecule has 0 aliphatic rings. The van der Waals surface area contributed by atoms with Gasteiger partial charge >= 0.3 is 5.69 Å². The van der Waals surface area contributed by atoms with Gasteiger partial charge in [0.2, 0.25) is 5.28 Å². The number of nitro groups is 1. The topological polar surface area (TPSA) is 68.9 Å². The lowest BCUT2D eigenvalue weighted by molar-refractivity contribution is -0.384. The van der Waals surface area contributed by atoms with Crippen LogP contribution in [0.4, 0.5) is 5.69 Å². The molecule has 1 heterocycles.